The van der Waals surface area contributed by atoms with Gasteiger partial charge < -0.3 is 10.1 Å². The zero-order chi connectivity index (χ0) is 17.8. The van der Waals surface area contributed by atoms with Crippen LogP contribution in [0.25, 0.3) is 10.2 Å². The fourth-order valence-electron chi connectivity index (χ4n) is 2.26. The molecule has 0 fully saturated rings. The van der Waals surface area contributed by atoms with Crippen LogP contribution < -0.4 is 15.4 Å². The minimum absolute atomic E-state index is 0.0416. The van der Waals surface area contributed by atoms with Crippen LogP contribution >= 0.6 is 11.3 Å². The van der Waals surface area contributed by atoms with Crippen molar-refractivity contribution in [3.05, 3.63) is 53.6 Å². The van der Waals surface area contributed by atoms with Crippen LogP contribution in [0.2, 0.25) is 0 Å². The Morgan fingerprint density at radius 1 is 1.24 bits per heavy atom. The van der Waals surface area contributed by atoms with E-state index in [1.54, 1.807) is 7.11 Å². The Hall–Kier alpha value is -2.74. The topological polar surface area (TPSA) is 63.2 Å². The third kappa shape index (κ3) is 4.21. The van der Waals surface area contributed by atoms with Crippen LogP contribution in [0.3, 0.4) is 0 Å². The lowest BCUT2D eigenvalue weighted by Gasteiger charge is -2.06. The van der Waals surface area contributed by atoms with Gasteiger partial charge in [0, 0.05) is 12.6 Å². The second-order valence-corrected chi connectivity index (χ2v) is 6.26. The molecule has 3 aromatic rings. The Labute approximate surface area is 146 Å². The van der Waals surface area contributed by atoms with Crippen molar-refractivity contribution >= 4 is 32.7 Å². The number of urea groups is 1. The molecule has 0 bridgehead atoms. The molecule has 5 nitrogen and oxygen atoms in total. The molecule has 2 aromatic carbocycles. The first-order valence-electron chi connectivity index (χ1n) is 7.48. The second kappa shape index (κ2) is 7.43. The summed E-state index contributed by atoms with van der Waals surface area (Å²) in [7, 11) is 1.60. The molecule has 3 rings (SSSR count). The highest BCUT2D eigenvalue weighted by Crippen LogP contribution is 2.28. The zero-order valence-corrected chi connectivity index (χ0v) is 14.1. The summed E-state index contributed by atoms with van der Waals surface area (Å²) in [5, 5.41) is 5.44. The van der Waals surface area contributed by atoms with Crippen LogP contribution in [0.4, 0.5) is 18.7 Å². The maximum atomic E-state index is 13.6. The van der Waals surface area contributed by atoms with Crippen LogP contribution in [0.5, 0.6) is 5.75 Å². The first-order chi connectivity index (χ1) is 12.0. The highest BCUT2D eigenvalue weighted by molar-refractivity contribution is 7.22. The number of rotatable bonds is 5. The fraction of sp³-hybridized carbons (Fsp3) is 0.176. The van der Waals surface area contributed by atoms with Crippen molar-refractivity contribution in [2.45, 2.75) is 6.42 Å². The summed E-state index contributed by atoms with van der Waals surface area (Å²) in [6.07, 6.45) is 0.650. The summed E-state index contributed by atoms with van der Waals surface area (Å²) < 4.78 is 32.2. The van der Waals surface area contributed by atoms with Crippen LogP contribution in [0, 0.1) is 11.6 Å². The summed E-state index contributed by atoms with van der Waals surface area (Å²) in [5.74, 6) is -0.655. The number of methoxy groups -OCH3 is 1. The monoisotopic (exact) mass is 363 g/mol. The van der Waals surface area contributed by atoms with Crippen LogP contribution in [-0.4, -0.2) is 24.7 Å². The molecule has 0 unspecified atom stereocenters. The van der Waals surface area contributed by atoms with Crippen molar-refractivity contribution in [1.82, 2.24) is 10.3 Å². The molecule has 130 valence electrons. The Balaban J connectivity index is 1.54. The number of carbonyl (C=O) groups is 1. The Bertz CT molecular complexity index is 897. The predicted octanol–water partition coefficient (Wildman–Crippen LogP) is 3.95. The molecule has 0 radical (unpaired) electrons. The number of halogens is 2. The Morgan fingerprint density at radius 3 is 2.72 bits per heavy atom. The van der Waals surface area contributed by atoms with Gasteiger partial charge >= 0.3 is 6.03 Å². The normalized spacial score (nSPS) is 10.7. The maximum absolute atomic E-state index is 13.6. The number of anilines is 1. The van der Waals surface area contributed by atoms with Gasteiger partial charge in [-0.2, -0.15) is 0 Å². The van der Waals surface area contributed by atoms with Gasteiger partial charge in [0.05, 0.1) is 11.8 Å². The highest BCUT2D eigenvalue weighted by atomic mass is 32.1. The molecule has 0 spiro atoms. The molecule has 0 aliphatic carbocycles. The molecule has 2 amide bonds. The van der Waals surface area contributed by atoms with Gasteiger partial charge in [0.25, 0.3) is 0 Å². The number of carbonyl (C=O) groups excluding carboxylic acids is 1. The SMILES string of the molecule is COc1ccc(CCNC(=O)Nc2nc3c(F)cc(F)cc3s2)cc1. The van der Waals surface area contributed by atoms with E-state index in [0.717, 1.165) is 28.7 Å². The fourth-order valence-corrected chi connectivity index (χ4v) is 3.16. The largest absolute Gasteiger partial charge is 0.497 e. The molecule has 1 aromatic heterocycles. The Morgan fingerprint density at radius 2 is 2.00 bits per heavy atom. The van der Waals surface area contributed by atoms with Gasteiger partial charge in [-0.05, 0) is 30.2 Å². The van der Waals surface area contributed by atoms with Crippen molar-refractivity contribution in [2.24, 2.45) is 0 Å². The molecule has 0 saturated heterocycles. The van der Waals surface area contributed by atoms with E-state index in [9.17, 15) is 13.6 Å². The average molecular weight is 363 g/mol. The van der Waals surface area contributed by atoms with Gasteiger partial charge in [0.1, 0.15) is 17.1 Å². The van der Waals surface area contributed by atoms with E-state index in [0.29, 0.717) is 17.7 Å². The number of aromatic nitrogens is 1. The smallest absolute Gasteiger partial charge is 0.321 e. The molecular formula is C17H15F2N3O2S. The molecule has 25 heavy (non-hydrogen) atoms. The maximum Gasteiger partial charge on any atom is 0.321 e. The first-order valence-corrected chi connectivity index (χ1v) is 8.30. The molecular weight excluding hydrogens is 348 g/mol. The summed E-state index contributed by atoms with van der Waals surface area (Å²) in [6, 6.07) is 9.04. The molecule has 0 aliphatic rings. The lowest BCUT2D eigenvalue weighted by Crippen LogP contribution is -2.30. The zero-order valence-electron chi connectivity index (χ0n) is 13.3. The van der Waals surface area contributed by atoms with Crippen molar-refractivity contribution in [3.63, 3.8) is 0 Å². The van der Waals surface area contributed by atoms with Crippen LogP contribution in [0.1, 0.15) is 5.56 Å². The number of hydrogen-bond acceptors (Lipinski definition) is 4. The Kier molecular flexibility index (Phi) is 5.08. The van der Waals surface area contributed by atoms with Gasteiger partial charge in [-0.1, -0.05) is 23.5 Å². The van der Waals surface area contributed by atoms with Gasteiger partial charge in [-0.3, -0.25) is 5.32 Å². The lowest BCUT2D eigenvalue weighted by atomic mass is 10.1. The van der Waals surface area contributed by atoms with Gasteiger partial charge in [0.15, 0.2) is 10.9 Å². The molecule has 0 saturated carbocycles. The van der Waals surface area contributed by atoms with E-state index in [4.69, 9.17) is 4.74 Å². The second-order valence-electron chi connectivity index (χ2n) is 5.23. The predicted molar refractivity (Wildman–Crippen MR) is 93.3 cm³/mol. The lowest BCUT2D eigenvalue weighted by molar-refractivity contribution is 0.252. The van der Waals surface area contributed by atoms with E-state index in [-0.39, 0.29) is 10.6 Å². The van der Waals surface area contributed by atoms with Crippen molar-refractivity contribution in [2.75, 3.05) is 19.0 Å². The van der Waals surface area contributed by atoms with Crippen molar-refractivity contribution in [1.29, 1.82) is 0 Å². The highest BCUT2D eigenvalue weighted by Gasteiger charge is 2.12. The summed E-state index contributed by atoms with van der Waals surface area (Å²) >= 11 is 1.01. The standard InChI is InChI=1S/C17H15F2N3O2S/c1-24-12-4-2-10(3-5-12)6-7-20-16(23)22-17-21-15-13(19)8-11(18)9-14(15)25-17/h2-5,8-9H,6-7H2,1H3,(H2,20,21,22,23). The molecule has 1 heterocycles. The summed E-state index contributed by atoms with van der Waals surface area (Å²) in [5.41, 5.74) is 1.10. The molecule has 8 heteroatoms. The molecule has 2 N–H and O–H groups in total. The van der Waals surface area contributed by atoms with Gasteiger partial charge in [-0.15, -0.1) is 0 Å². The number of hydrogen-bond donors (Lipinski definition) is 2. The van der Waals surface area contributed by atoms with E-state index in [1.807, 2.05) is 24.3 Å². The summed E-state index contributed by atoms with van der Waals surface area (Å²) in [4.78, 5) is 15.9. The number of nitrogens with one attached hydrogen (secondary N) is 2. The number of nitrogens with zero attached hydrogens (tertiary/aromatic N) is 1. The number of benzene rings is 2. The quantitative estimate of drug-likeness (QED) is 0.722. The average Bonchev–Trinajstić information content (AvgIpc) is 2.98. The number of ether oxygens (including phenoxy) is 1. The molecule has 0 atom stereocenters. The van der Waals surface area contributed by atoms with Crippen molar-refractivity contribution < 1.29 is 18.3 Å². The molecule has 0 aliphatic heterocycles. The van der Waals surface area contributed by atoms with E-state index in [1.165, 1.54) is 6.07 Å². The van der Waals surface area contributed by atoms with Crippen LogP contribution in [0.15, 0.2) is 36.4 Å². The number of amides is 2. The van der Waals surface area contributed by atoms with Gasteiger partial charge in [-0.25, -0.2) is 18.6 Å². The number of thiazole rings is 1. The third-order valence-corrected chi connectivity index (χ3v) is 4.41. The van der Waals surface area contributed by atoms with Crippen molar-refractivity contribution in [3.8, 4) is 5.75 Å². The van der Waals surface area contributed by atoms with E-state index >= 15 is 0 Å². The van der Waals surface area contributed by atoms with E-state index < -0.39 is 17.7 Å². The van der Waals surface area contributed by atoms with Crippen LogP contribution in [-0.2, 0) is 6.42 Å². The number of fused-ring (bicyclic) bond motifs is 1. The minimum atomic E-state index is -0.751. The van der Waals surface area contributed by atoms with E-state index in [2.05, 4.69) is 15.6 Å². The first kappa shape index (κ1) is 17.1. The minimum Gasteiger partial charge on any atom is -0.497 e. The third-order valence-electron chi connectivity index (χ3n) is 3.49. The van der Waals surface area contributed by atoms with Gasteiger partial charge in [0.2, 0.25) is 0 Å². The summed E-state index contributed by atoms with van der Waals surface area (Å²) in [6.45, 7) is 0.423.